The van der Waals surface area contributed by atoms with Crippen molar-refractivity contribution in [3.63, 3.8) is 0 Å². The van der Waals surface area contributed by atoms with E-state index in [1.165, 1.54) is 33.6 Å². The van der Waals surface area contributed by atoms with Crippen molar-refractivity contribution in [2.75, 3.05) is 40.9 Å². The summed E-state index contributed by atoms with van der Waals surface area (Å²) in [5, 5.41) is 3.03. The Balaban J connectivity index is 2.25. The molecular formula is C20H23NO6. The minimum Gasteiger partial charge on any atom is -0.497 e. The summed E-state index contributed by atoms with van der Waals surface area (Å²) < 4.78 is 26.3. The third-order valence-corrected chi connectivity index (χ3v) is 3.84. The van der Waals surface area contributed by atoms with Crippen LogP contribution in [0.4, 0.5) is 5.69 Å². The summed E-state index contributed by atoms with van der Waals surface area (Å²) in [6.45, 7) is 0. The molecule has 144 valence electrons. The molecule has 2 aromatic rings. The normalized spacial score (nSPS) is 10.4. The summed E-state index contributed by atoms with van der Waals surface area (Å²) in [5.74, 6) is 2.23. The first kappa shape index (κ1) is 20.0. The number of anilines is 1. The van der Waals surface area contributed by atoms with Crippen LogP contribution in [-0.4, -0.2) is 41.3 Å². The molecule has 0 aliphatic heterocycles. The molecular weight excluding hydrogens is 350 g/mol. The van der Waals surface area contributed by atoms with Crippen molar-refractivity contribution in [1.82, 2.24) is 0 Å². The number of ether oxygens (including phenoxy) is 5. The highest BCUT2D eigenvalue weighted by Crippen LogP contribution is 2.34. The van der Waals surface area contributed by atoms with Gasteiger partial charge >= 0.3 is 0 Å². The molecule has 1 N–H and O–H groups in total. The zero-order chi connectivity index (χ0) is 19.8. The Morgan fingerprint density at radius 1 is 0.778 bits per heavy atom. The fourth-order valence-electron chi connectivity index (χ4n) is 2.46. The van der Waals surface area contributed by atoms with Crippen molar-refractivity contribution in [3.8, 4) is 28.7 Å². The van der Waals surface area contributed by atoms with Gasteiger partial charge in [-0.1, -0.05) is 0 Å². The SMILES string of the molecule is COc1ccc(N/C=C\C(=O)c2c(OC)cc(OC)cc2OC)c(OC)c1. The Morgan fingerprint density at radius 3 is 1.85 bits per heavy atom. The second-order valence-electron chi connectivity index (χ2n) is 5.32. The number of nitrogens with one attached hydrogen (secondary N) is 1. The van der Waals surface area contributed by atoms with Crippen LogP contribution in [0.1, 0.15) is 10.4 Å². The van der Waals surface area contributed by atoms with Gasteiger partial charge < -0.3 is 29.0 Å². The van der Waals surface area contributed by atoms with E-state index in [1.807, 2.05) is 0 Å². The molecule has 27 heavy (non-hydrogen) atoms. The molecule has 7 nitrogen and oxygen atoms in total. The van der Waals surface area contributed by atoms with Crippen molar-refractivity contribution >= 4 is 11.5 Å². The molecule has 0 atom stereocenters. The quantitative estimate of drug-likeness (QED) is 0.532. The minimum atomic E-state index is -0.286. The van der Waals surface area contributed by atoms with Crippen LogP contribution in [0.25, 0.3) is 0 Å². The first-order valence-corrected chi connectivity index (χ1v) is 8.07. The fraction of sp³-hybridized carbons (Fsp3) is 0.250. The van der Waals surface area contributed by atoms with E-state index in [4.69, 9.17) is 23.7 Å². The van der Waals surface area contributed by atoms with Gasteiger partial charge in [0, 0.05) is 30.5 Å². The summed E-state index contributed by atoms with van der Waals surface area (Å²) in [5.41, 5.74) is 0.997. The smallest absolute Gasteiger partial charge is 0.194 e. The van der Waals surface area contributed by atoms with Crippen LogP contribution >= 0.6 is 0 Å². The Morgan fingerprint density at radius 2 is 1.33 bits per heavy atom. The van der Waals surface area contributed by atoms with Gasteiger partial charge in [-0.3, -0.25) is 4.79 Å². The predicted molar refractivity (Wildman–Crippen MR) is 103 cm³/mol. The molecule has 0 aliphatic rings. The Hall–Kier alpha value is -3.35. The third kappa shape index (κ3) is 4.63. The van der Waals surface area contributed by atoms with E-state index in [0.717, 1.165) is 0 Å². The molecule has 0 saturated carbocycles. The summed E-state index contributed by atoms with van der Waals surface area (Å²) in [6, 6.07) is 8.58. The van der Waals surface area contributed by atoms with Gasteiger partial charge in [0.25, 0.3) is 0 Å². The lowest BCUT2D eigenvalue weighted by atomic mass is 10.1. The topological polar surface area (TPSA) is 75.3 Å². The first-order valence-electron chi connectivity index (χ1n) is 8.07. The second kappa shape index (κ2) is 9.38. The van der Waals surface area contributed by atoms with Gasteiger partial charge in [0.2, 0.25) is 0 Å². The Kier molecular flexibility index (Phi) is 6.93. The highest BCUT2D eigenvalue weighted by molar-refractivity contribution is 6.09. The zero-order valence-electron chi connectivity index (χ0n) is 16.0. The van der Waals surface area contributed by atoms with Crippen molar-refractivity contribution < 1.29 is 28.5 Å². The summed E-state index contributed by atoms with van der Waals surface area (Å²) >= 11 is 0. The van der Waals surface area contributed by atoms with Crippen LogP contribution < -0.4 is 29.0 Å². The first-order chi connectivity index (χ1) is 13.1. The zero-order valence-corrected chi connectivity index (χ0v) is 16.0. The number of allylic oxidation sites excluding steroid dienone is 1. The average molecular weight is 373 g/mol. The van der Waals surface area contributed by atoms with E-state index in [1.54, 1.807) is 44.6 Å². The predicted octanol–water partition coefficient (Wildman–Crippen LogP) is 3.54. The monoisotopic (exact) mass is 373 g/mol. The Labute approximate surface area is 158 Å². The van der Waals surface area contributed by atoms with E-state index in [2.05, 4.69) is 5.32 Å². The lowest BCUT2D eigenvalue weighted by molar-refractivity contribution is 0.104. The van der Waals surface area contributed by atoms with Gasteiger partial charge in [-0.15, -0.1) is 0 Å². The van der Waals surface area contributed by atoms with Crippen molar-refractivity contribution in [3.05, 3.63) is 48.2 Å². The number of benzene rings is 2. The number of carbonyl (C=O) groups is 1. The van der Waals surface area contributed by atoms with Crippen LogP contribution in [0.5, 0.6) is 28.7 Å². The molecule has 0 amide bonds. The van der Waals surface area contributed by atoms with Gasteiger partial charge in [-0.2, -0.15) is 0 Å². The van der Waals surface area contributed by atoms with Gasteiger partial charge in [0.15, 0.2) is 5.78 Å². The molecule has 0 heterocycles. The summed E-state index contributed by atoms with van der Waals surface area (Å²) in [6.07, 6.45) is 2.91. The molecule has 2 rings (SSSR count). The maximum Gasteiger partial charge on any atom is 0.194 e. The maximum atomic E-state index is 12.7. The fourth-order valence-corrected chi connectivity index (χ4v) is 2.46. The molecule has 0 fully saturated rings. The van der Waals surface area contributed by atoms with Gasteiger partial charge in [0.1, 0.15) is 34.3 Å². The van der Waals surface area contributed by atoms with Crippen molar-refractivity contribution in [2.24, 2.45) is 0 Å². The number of carbonyl (C=O) groups excluding carboxylic acids is 1. The van der Waals surface area contributed by atoms with Crippen LogP contribution in [0.2, 0.25) is 0 Å². The molecule has 0 bridgehead atoms. The van der Waals surface area contributed by atoms with Crippen molar-refractivity contribution in [2.45, 2.75) is 0 Å². The number of hydrogen-bond donors (Lipinski definition) is 1. The molecule has 0 spiro atoms. The molecule has 2 aromatic carbocycles. The molecule has 0 radical (unpaired) electrons. The van der Waals surface area contributed by atoms with E-state index >= 15 is 0 Å². The largest absolute Gasteiger partial charge is 0.497 e. The average Bonchev–Trinajstić information content (AvgIpc) is 2.72. The number of rotatable bonds is 9. The number of methoxy groups -OCH3 is 5. The van der Waals surface area contributed by atoms with Crippen LogP contribution in [0.15, 0.2) is 42.6 Å². The molecule has 7 heteroatoms. The van der Waals surface area contributed by atoms with Crippen LogP contribution in [0.3, 0.4) is 0 Å². The minimum absolute atomic E-state index is 0.286. The molecule has 0 saturated heterocycles. The van der Waals surface area contributed by atoms with Crippen LogP contribution in [0, 0.1) is 0 Å². The van der Waals surface area contributed by atoms with E-state index in [-0.39, 0.29) is 5.78 Å². The lowest BCUT2D eigenvalue weighted by Gasteiger charge is -2.13. The van der Waals surface area contributed by atoms with Gasteiger partial charge in [-0.25, -0.2) is 0 Å². The van der Waals surface area contributed by atoms with Gasteiger partial charge in [0.05, 0.1) is 41.2 Å². The lowest BCUT2D eigenvalue weighted by Crippen LogP contribution is -2.04. The Bertz CT molecular complexity index is 806. The van der Waals surface area contributed by atoms with E-state index in [9.17, 15) is 4.79 Å². The van der Waals surface area contributed by atoms with Crippen LogP contribution in [-0.2, 0) is 0 Å². The summed E-state index contributed by atoms with van der Waals surface area (Å²) in [7, 11) is 7.63. The molecule has 0 aromatic heterocycles. The van der Waals surface area contributed by atoms with Crippen molar-refractivity contribution in [1.29, 1.82) is 0 Å². The van der Waals surface area contributed by atoms with Gasteiger partial charge in [-0.05, 0) is 12.1 Å². The molecule has 0 unspecified atom stereocenters. The van der Waals surface area contributed by atoms with E-state index in [0.29, 0.717) is 40.0 Å². The molecule has 0 aliphatic carbocycles. The second-order valence-corrected chi connectivity index (χ2v) is 5.32. The third-order valence-electron chi connectivity index (χ3n) is 3.84. The standard InChI is InChI=1S/C20H23NO6/c1-23-13-6-7-15(17(10-13)25-3)21-9-8-16(22)20-18(26-4)11-14(24-2)12-19(20)27-5/h6-12,21H,1-5H3/b9-8-. The maximum absolute atomic E-state index is 12.7. The number of hydrogen-bond acceptors (Lipinski definition) is 7. The number of ketones is 1. The van der Waals surface area contributed by atoms with E-state index < -0.39 is 0 Å². The highest BCUT2D eigenvalue weighted by atomic mass is 16.5. The highest BCUT2D eigenvalue weighted by Gasteiger charge is 2.18. The summed E-state index contributed by atoms with van der Waals surface area (Å²) in [4.78, 5) is 12.7.